The minimum atomic E-state index is -0.927. The van der Waals surface area contributed by atoms with Crippen LogP contribution < -0.4 is 9.47 Å². The van der Waals surface area contributed by atoms with Crippen LogP contribution in [0.15, 0.2) is 42.5 Å². The van der Waals surface area contributed by atoms with Crippen LogP contribution in [0.25, 0.3) is 22.0 Å². The molecule has 2 aromatic carbocycles. The van der Waals surface area contributed by atoms with Crippen molar-refractivity contribution in [3.63, 3.8) is 0 Å². The van der Waals surface area contributed by atoms with Crippen LogP contribution in [-0.2, 0) is 7.05 Å². The summed E-state index contributed by atoms with van der Waals surface area (Å²) in [6, 6.07) is 13.4. The van der Waals surface area contributed by atoms with E-state index in [-0.39, 0.29) is 12.5 Å². The molecule has 4 rings (SSSR count). The maximum atomic E-state index is 11.2. The number of rotatable bonds is 2. The molecule has 0 aliphatic carbocycles. The molecule has 3 aromatic rings. The van der Waals surface area contributed by atoms with Crippen molar-refractivity contribution < 1.29 is 19.4 Å². The molecule has 0 atom stereocenters. The predicted octanol–water partition coefficient (Wildman–Crippen LogP) is 3.27. The molecular formula is C17H13NO4. The highest BCUT2D eigenvalue weighted by Gasteiger charge is 2.15. The molecule has 0 bridgehead atoms. The predicted molar refractivity (Wildman–Crippen MR) is 81.4 cm³/mol. The Bertz CT molecular complexity index is 910. The van der Waals surface area contributed by atoms with Gasteiger partial charge in [-0.25, -0.2) is 4.79 Å². The Morgan fingerprint density at radius 2 is 1.77 bits per heavy atom. The summed E-state index contributed by atoms with van der Waals surface area (Å²) in [5.74, 6) is 0.554. The molecule has 0 radical (unpaired) electrons. The van der Waals surface area contributed by atoms with E-state index in [9.17, 15) is 9.90 Å². The van der Waals surface area contributed by atoms with Crippen LogP contribution in [0, 0.1) is 0 Å². The number of carboxylic acids is 1. The van der Waals surface area contributed by atoms with Crippen molar-refractivity contribution in [2.45, 2.75) is 0 Å². The lowest BCUT2D eigenvalue weighted by molar-refractivity contribution is 0.0687. The van der Waals surface area contributed by atoms with Crippen LogP contribution in [0.4, 0.5) is 0 Å². The molecule has 1 N–H and O–H groups in total. The van der Waals surface area contributed by atoms with Crippen molar-refractivity contribution in [2.75, 3.05) is 6.79 Å². The van der Waals surface area contributed by atoms with E-state index in [1.165, 1.54) is 0 Å². The largest absolute Gasteiger partial charge is 0.477 e. The van der Waals surface area contributed by atoms with Crippen LogP contribution in [-0.4, -0.2) is 22.4 Å². The summed E-state index contributed by atoms with van der Waals surface area (Å²) in [6.45, 7) is 0.248. The third-order valence-corrected chi connectivity index (χ3v) is 3.97. The summed E-state index contributed by atoms with van der Waals surface area (Å²) in [5.41, 5.74) is 3.18. The number of fused-ring (bicyclic) bond motifs is 2. The van der Waals surface area contributed by atoms with Crippen molar-refractivity contribution in [1.29, 1.82) is 0 Å². The fourth-order valence-corrected chi connectivity index (χ4v) is 2.81. The van der Waals surface area contributed by atoms with Gasteiger partial charge in [-0.15, -0.1) is 0 Å². The second kappa shape index (κ2) is 4.53. The quantitative estimate of drug-likeness (QED) is 0.788. The first kappa shape index (κ1) is 12.8. The van der Waals surface area contributed by atoms with E-state index in [1.807, 2.05) is 36.4 Å². The summed E-state index contributed by atoms with van der Waals surface area (Å²) in [4.78, 5) is 11.2. The van der Waals surface area contributed by atoms with Gasteiger partial charge in [-0.3, -0.25) is 0 Å². The Kier molecular flexibility index (Phi) is 2.63. The first-order valence-corrected chi connectivity index (χ1v) is 6.86. The highest BCUT2D eigenvalue weighted by atomic mass is 16.7. The molecule has 0 fully saturated rings. The number of aryl methyl sites for hydroxylation is 1. The molecule has 0 amide bonds. The highest BCUT2D eigenvalue weighted by molar-refractivity contribution is 5.96. The van der Waals surface area contributed by atoms with Crippen LogP contribution >= 0.6 is 0 Å². The second-order valence-corrected chi connectivity index (χ2v) is 5.24. The number of hydrogen-bond acceptors (Lipinski definition) is 3. The van der Waals surface area contributed by atoms with Gasteiger partial charge in [-0.2, -0.15) is 0 Å². The van der Waals surface area contributed by atoms with E-state index < -0.39 is 5.97 Å². The van der Waals surface area contributed by atoms with Crippen LogP contribution in [0.2, 0.25) is 0 Å². The van der Waals surface area contributed by atoms with Gasteiger partial charge in [0.05, 0.1) is 0 Å². The number of hydrogen-bond donors (Lipinski definition) is 1. The third-order valence-electron chi connectivity index (χ3n) is 3.97. The Balaban J connectivity index is 1.84. The van der Waals surface area contributed by atoms with E-state index in [0.29, 0.717) is 0 Å². The van der Waals surface area contributed by atoms with Crippen LogP contribution in [0.5, 0.6) is 11.5 Å². The molecule has 5 heteroatoms. The Morgan fingerprint density at radius 3 is 2.59 bits per heavy atom. The Labute approximate surface area is 126 Å². The maximum Gasteiger partial charge on any atom is 0.352 e. The molecule has 22 heavy (non-hydrogen) atoms. The SMILES string of the molecule is Cn1c(C(=O)O)cc2cc(-c3ccc4c(c3)OCO4)ccc21. The first-order valence-electron chi connectivity index (χ1n) is 6.86. The maximum absolute atomic E-state index is 11.2. The first-order chi connectivity index (χ1) is 10.6. The number of benzene rings is 2. The minimum absolute atomic E-state index is 0.248. The molecule has 1 aliphatic rings. The molecule has 0 unspecified atom stereocenters. The summed E-state index contributed by atoms with van der Waals surface area (Å²) in [6.07, 6.45) is 0. The number of aromatic nitrogens is 1. The highest BCUT2D eigenvalue weighted by Crippen LogP contribution is 2.36. The van der Waals surface area contributed by atoms with E-state index in [1.54, 1.807) is 17.7 Å². The van der Waals surface area contributed by atoms with Crippen LogP contribution in [0.1, 0.15) is 10.5 Å². The number of nitrogens with zero attached hydrogens (tertiary/aromatic N) is 1. The molecule has 0 spiro atoms. The van der Waals surface area contributed by atoms with E-state index >= 15 is 0 Å². The Morgan fingerprint density at radius 1 is 1.05 bits per heavy atom. The van der Waals surface area contributed by atoms with Crippen molar-refractivity contribution in [3.05, 3.63) is 48.2 Å². The van der Waals surface area contributed by atoms with Gasteiger partial charge in [0.2, 0.25) is 6.79 Å². The summed E-state index contributed by atoms with van der Waals surface area (Å²) >= 11 is 0. The average molecular weight is 295 g/mol. The van der Waals surface area contributed by atoms with Crippen molar-refractivity contribution in [2.24, 2.45) is 7.05 Å². The van der Waals surface area contributed by atoms with Crippen molar-refractivity contribution >= 4 is 16.9 Å². The Hall–Kier alpha value is -2.95. The third kappa shape index (κ3) is 1.83. The number of aromatic carboxylic acids is 1. The van der Waals surface area contributed by atoms with Gasteiger partial charge < -0.3 is 19.1 Å². The number of carboxylic acid groups (broad SMARTS) is 1. The molecule has 5 nitrogen and oxygen atoms in total. The standard InChI is InChI=1S/C17H13NO4/c1-18-13-4-2-10(6-12(13)7-14(18)17(19)20)11-3-5-15-16(8-11)22-9-21-15/h2-8H,9H2,1H3,(H,19,20). The molecule has 0 saturated carbocycles. The molecule has 1 aromatic heterocycles. The van der Waals surface area contributed by atoms with Gasteiger partial charge in [-0.1, -0.05) is 12.1 Å². The fourth-order valence-electron chi connectivity index (χ4n) is 2.81. The van der Waals surface area contributed by atoms with Crippen molar-refractivity contribution in [1.82, 2.24) is 4.57 Å². The lowest BCUT2D eigenvalue weighted by Gasteiger charge is -2.05. The number of ether oxygens (including phenoxy) is 2. The van der Waals surface area contributed by atoms with E-state index in [2.05, 4.69) is 0 Å². The van der Waals surface area contributed by atoms with Crippen molar-refractivity contribution in [3.8, 4) is 22.6 Å². The summed E-state index contributed by atoms with van der Waals surface area (Å²) < 4.78 is 12.4. The zero-order valence-corrected chi connectivity index (χ0v) is 11.9. The van der Waals surface area contributed by atoms with Gasteiger partial charge in [0.15, 0.2) is 11.5 Å². The second-order valence-electron chi connectivity index (χ2n) is 5.24. The van der Waals surface area contributed by atoms with Gasteiger partial charge in [-0.05, 0) is 41.5 Å². The summed E-state index contributed by atoms with van der Waals surface area (Å²) in [5, 5.41) is 10.1. The molecular weight excluding hydrogens is 282 g/mol. The molecule has 2 heterocycles. The van der Waals surface area contributed by atoms with E-state index in [0.717, 1.165) is 33.5 Å². The minimum Gasteiger partial charge on any atom is -0.477 e. The fraction of sp³-hybridized carbons (Fsp3) is 0.118. The van der Waals surface area contributed by atoms with Gasteiger partial charge in [0, 0.05) is 18.0 Å². The number of carbonyl (C=O) groups is 1. The lowest BCUT2D eigenvalue weighted by atomic mass is 10.0. The van der Waals surface area contributed by atoms with Gasteiger partial charge >= 0.3 is 5.97 Å². The zero-order valence-electron chi connectivity index (χ0n) is 11.9. The molecule has 1 aliphatic heterocycles. The zero-order chi connectivity index (χ0) is 15.3. The molecule has 0 saturated heterocycles. The summed E-state index contributed by atoms with van der Waals surface area (Å²) in [7, 11) is 1.76. The normalized spacial score (nSPS) is 12.8. The topological polar surface area (TPSA) is 60.7 Å². The lowest BCUT2D eigenvalue weighted by Crippen LogP contribution is -2.03. The van der Waals surface area contributed by atoms with E-state index in [4.69, 9.17) is 9.47 Å². The van der Waals surface area contributed by atoms with Gasteiger partial charge in [0.25, 0.3) is 0 Å². The monoisotopic (exact) mass is 295 g/mol. The average Bonchev–Trinajstić information content (AvgIpc) is 3.10. The molecule has 110 valence electrons. The van der Waals surface area contributed by atoms with Crippen LogP contribution in [0.3, 0.4) is 0 Å². The van der Waals surface area contributed by atoms with Gasteiger partial charge in [0.1, 0.15) is 5.69 Å². The smallest absolute Gasteiger partial charge is 0.352 e.